The highest BCUT2D eigenvalue weighted by Crippen LogP contribution is 2.41. The molecule has 0 fully saturated rings. The number of hydrogen-bond donors (Lipinski definition) is 1. The summed E-state index contributed by atoms with van der Waals surface area (Å²) in [6.45, 7) is 1.91. The summed E-state index contributed by atoms with van der Waals surface area (Å²) in [5.41, 5.74) is 8.91. The molecule has 0 saturated carbocycles. The number of pyridine rings is 1. The number of nitrogens with two attached hydrogens (primary N) is 1. The molecule has 0 saturated heterocycles. The van der Waals surface area contributed by atoms with Crippen molar-refractivity contribution in [3.63, 3.8) is 0 Å². The molecule has 1 aromatic carbocycles. The Morgan fingerprint density at radius 2 is 1.81 bits per heavy atom. The van der Waals surface area contributed by atoms with Crippen molar-refractivity contribution < 1.29 is 4.79 Å². The van der Waals surface area contributed by atoms with Gasteiger partial charge in [0, 0.05) is 37.4 Å². The molecule has 3 aromatic rings. The maximum absolute atomic E-state index is 13.3. The number of carbonyl (C=O) groups excluding carboxylic acids is 1. The van der Waals surface area contributed by atoms with Gasteiger partial charge in [-0.2, -0.15) is 0 Å². The third-order valence-corrected chi connectivity index (χ3v) is 4.82. The topological polar surface area (TPSA) is 97.4 Å². The van der Waals surface area contributed by atoms with Gasteiger partial charge in [-0.1, -0.05) is 18.2 Å². The monoisotopic (exact) mass is 358 g/mol. The molecule has 1 aliphatic rings. The third-order valence-electron chi connectivity index (χ3n) is 4.82. The lowest BCUT2D eigenvalue weighted by Crippen LogP contribution is -2.41. The minimum absolute atomic E-state index is 0.185. The van der Waals surface area contributed by atoms with E-state index in [9.17, 15) is 4.79 Å². The fourth-order valence-electron chi connectivity index (χ4n) is 3.41. The molecule has 7 nitrogen and oxygen atoms in total. The minimum Gasteiger partial charge on any atom is -0.369 e. The highest BCUT2D eigenvalue weighted by atomic mass is 16.2. The van der Waals surface area contributed by atoms with Gasteiger partial charge in [-0.25, -0.2) is 15.0 Å². The van der Waals surface area contributed by atoms with Gasteiger partial charge in [0.15, 0.2) is 11.5 Å². The molecule has 3 heterocycles. The maximum Gasteiger partial charge on any atom is 0.266 e. The number of aliphatic imine (C=N–C) groups is 1. The molecular formula is C20H18N6O. The summed E-state index contributed by atoms with van der Waals surface area (Å²) in [6.07, 6.45) is 8.34. The highest BCUT2D eigenvalue weighted by Gasteiger charge is 2.50. The first-order valence-electron chi connectivity index (χ1n) is 8.44. The van der Waals surface area contributed by atoms with Gasteiger partial charge in [0.1, 0.15) is 6.33 Å². The number of hydrogen-bond acceptors (Lipinski definition) is 6. The van der Waals surface area contributed by atoms with Crippen molar-refractivity contribution in [2.24, 2.45) is 10.7 Å². The van der Waals surface area contributed by atoms with Gasteiger partial charge in [0.2, 0.25) is 0 Å². The molecular weight excluding hydrogens is 340 g/mol. The Labute approximate surface area is 156 Å². The van der Waals surface area contributed by atoms with Crippen LogP contribution in [0.25, 0.3) is 11.1 Å². The van der Waals surface area contributed by atoms with Gasteiger partial charge >= 0.3 is 0 Å². The van der Waals surface area contributed by atoms with Crippen molar-refractivity contribution in [3.8, 4) is 11.1 Å². The number of amides is 1. The zero-order chi connectivity index (χ0) is 19.0. The lowest BCUT2D eigenvalue weighted by molar-refractivity contribution is -0.129. The molecule has 0 bridgehead atoms. The van der Waals surface area contributed by atoms with Crippen LogP contribution < -0.4 is 5.73 Å². The Morgan fingerprint density at radius 1 is 1.04 bits per heavy atom. The van der Waals surface area contributed by atoms with E-state index in [2.05, 4.69) is 19.9 Å². The molecule has 2 aromatic heterocycles. The van der Waals surface area contributed by atoms with E-state index < -0.39 is 5.54 Å². The average Bonchev–Trinajstić information content (AvgIpc) is 2.94. The first-order chi connectivity index (χ1) is 13.0. The maximum atomic E-state index is 13.3. The molecule has 27 heavy (non-hydrogen) atoms. The van der Waals surface area contributed by atoms with E-state index in [0.717, 1.165) is 27.8 Å². The van der Waals surface area contributed by atoms with Crippen LogP contribution in [-0.4, -0.2) is 38.8 Å². The van der Waals surface area contributed by atoms with Gasteiger partial charge in [-0.05, 0) is 41.3 Å². The van der Waals surface area contributed by atoms with Crippen LogP contribution in [0.4, 0.5) is 0 Å². The second-order valence-corrected chi connectivity index (χ2v) is 6.44. The lowest BCUT2D eigenvalue weighted by atomic mass is 9.80. The Bertz CT molecular complexity index is 1050. The number of guanidine groups is 1. The van der Waals surface area contributed by atoms with E-state index in [1.54, 1.807) is 31.8 Å². The summed E-state index contributed by atoms with van der Waals surface area (Å²) in [4.78, 5) is 31.6. The fraction of sp³-hybridized carbons (Fsp3) is 0.150. The number of carbonyl (C=O) groups is 1. The van der Waals surface area contributed by atoms with Crippen LogP contribution in [-0.2, 0) is 10.3 Å². The van der Waals surface area contributed by atoms with Crippen LogP contribution >= 0.6 is 0 Å². The highest BCUT2D eigenvalue weighted by molar-refractivity contribution is 6.09. The normalized spacial score (nSPS) is 19.3. The quantitative estimate of drug-likeness (QED) is 0.771. The van der Waals surface area contributed by atoms with Crippen LogP contribution in [0.3, 0.4) is 0 Å². The Morgan fingerprint density at radius 3 is 2.48 bits per heavy atom. The Kier molecular flexibility index (Phi) is 3.92. The predicted molar refractivity (Wildman–Crippen MR) is 102 cm³/mol. The van der Waals surface area contributed by atoms with Gasteiger partial charge in [-0.15, -0.1) is 0 Å². The molecule has 7 heteroatoms. The van der Waals surface area contributed by atoms with Crippen molar-refractivity contribution in [1.29, 1.82) is 0 Å². The van der Waals surface area contributed by atoms with Crippen LogP contribution in [0.15, 0.2) is 66.4 Å². The van der Waals surface area contributed by atoms with Crippen molar-refractivity contribution in [1.82, 2.24) is 19.9 Å². The first kappa shape index (κ1) is 16.8. The Hall–Kier alpha value is -3.61. The van der Waals surface area contributed by atoms with Crippen molar-refractivity contribution in [3.05, 3.63) is 78.1 Å². The smallest absolute Gasteiger partial charge is 0.266 e. The van der Waals surface area contributed by atoms with E-state index in [0.29, 0.717) is 0 Å². The van der Waals surface area contributed by atoms with Crippen molar-refractivity contribution in [2.45, 2.75) is 12.5 Å². The third kappa shape index (κ3) is 2.55. The second kappa shape index (κ2) is 6.28. The number of aryl methyl sites for hydroxylation is 1. The van der Waals surface area contributed by atoms with E-state index in [-0.39, 0.29) is 11.9 Å². The van der Waals surface area contributed by atoms with Crippen LogP contribution in [0.1, 0.15) is 16.7 Å². The molecule has 0 aliphatic carbocycles. The van der Waals surface area contributed by atoms with Gasteiger partial charge in [-0.3, -0.25) is 14.7 Å². The molecule has 0 spiro atoms. The summed E-state index contributed by atoms with van der Waals surface area (Å²) in [7, 11) is 1.63. The van der Waals surface area contributed by atoms with E-state index in [1.165, 1.54) is 11.2 Å². The minimum atomic E-state index is -1.24. The molecule has 1 aliphatic heterocycles. The van der Waals surface area contributed by atoms with Crippen LogP contribution in [0.5, 0.6) is 0 Å². The summed E-state index contributed by atoms with van der Waals surface area (Å²) in [6, 6.07) is 9.49. The largest absolute Gasteiger partial charge is 0.369 e. The summed E-state index contributed by atoms with van der Waals surface area (Å²) < 4.78 is 0. The number of aromatic nitrogens is 3. The standard InChI is InChI=1S/C20H18N6O/c1-13-9-22-7-6-17(13)20(18(27)26(2)19(21)25-20)16-5-3-4-14(8-16)15-10-23-12-24-11-15/h3-12H,1-2H3,(H2,21,25). The molecule has 1 amide bonds. The van der Waals surface area contributed by atoms with E-state index >= 15 is 0 Å². The second-order valence-electron chi connectivity index (χ2n) is 6.44. The molecule has 1 unspecified atom stereocenters. The fourth-order valence-corrected chi connectivity index (χ4v) is 3.41. The van der Waals surface area contributed by atoms with Gasteiger partial charge in [0.25, 0.3) is 5.91 Å². The zero-order valence-electron chi connectivity index (χ0n) is 15.0. The van der Waals surface area contributed by atoms with Crippen LogP contribution in [0, 0.1) is 6.92 Å². The van der Waals surface area contributed by atoms with E-state index in [1.807, 2.05) is 37.3 Å². The van der Waals surface area contributed by atoms with E-state index in [4.69, 9.17) is 5.73 Å². The molecule has 134 valence electrons. The number of rotatable bonds is 3. The molecule has 4 rings (SSSR count). The van der Waals surface area contributed by atoms with Gasteiger partial charge in [0.05, 0.1) is 0 Å². The van der Waals surface area contributed by atoms with Crippen LogP contribution in [0.2, 0.25) is 0 Å². The van der Waals surface area contributed by atoms with Crippen molar-refractivity contribution >= 4 is 11.9 Å². The summed E-state index contributed by atoms with van der Waals surface area (Å²) >= 11 is 0. The first-order valence-corrected chi connectivity index (χ1v) is 8.44. The molecule has 2 N–H and O–H groups in total. The number of likely N-dealkylation sites (N-methyl/N-ethyl adjacent to an activating group) is 1. The lowest BCUT2D eigenvalue weighted by Gasteiger charge is -2.27. The SMILES string of the molecule is Cc1cnccc1C1(c2cccc(-c3cncnc3)c2)N=C(N)N(C)C1=O. The van der Waals surface area contributed by atoms with Gasteiger partial charge < -0.3 is 5.73 Å². The zero-order valence-corrected chi connectivity index (χ0v) is 15.0. The summed E-state index contributed by atoms with van der Waals surface area (Å²) in [5, 5.41) is 0. The number of nitrogens with zero attached hydrogens (tertiary/aromatic N) is 5. The van der Waals surface area contributed by atoms with Crippen molar-refractivity contribution in [2.75, 3.05) is 7.05 Å². The Balaban J connectivity index is 1.97. The molecule has 1 atom stereocenters. The summed E-state index contributed by atoms with van der Waals surface area (Å²) in [5.74, 6) is -0.0135. The average molecular weight is 358 g/mol. The number of benzene rings is 1. The molecule has 0 radical (unpaired) electrons. The predicted octanol–water partition coefficient (Wildman–Crippen LogP) is 1.88.